The molecule has 1 saturated heterocycles. The van der Waals surface area contributed by atoms with Gasteiger partial charge in [-0.2, -0.15) is 0 Å². The lowest BCUT2D eigenvalue weighted by Gasteiger charge is -2.32. The number of nitrogens with one attached hydrogen (secondary N) is 2. The number of rotatable bonds is 6. The predicted molar refractivity (Wildman–Crippen MR) is 96.7 cm³/mol. The number of sulfonamides is 2. The van der Waals surface area contributed by atoms with Gasteiger partial charge in [-0.05, 0) is 43.9 Å². The summed E-state index contributed by atoms with van der Waals surface area (Å²) < 4.78 is 52.6. The van der Waals surface area contributed by atoms with E-state index < -0.39 is 20.0 Å². The molecule has 1 saturated carbocycles. The molecule has 2 N–H and O–H groups in total. The van der Waals surface area contributed by atoms with Crippen LogP contribution < -0.4 is 9.44 Å². The van der Waals surface area contributed by atoms with Crippen LogP contribution in [0.3, 0.4) is 0 Å². The van der Waals surface area contributed by atoms with Crippen LogP contribution in [0.1, 0.15) is 36.0 Å². The maximum Gasteiger partial charge on any atom is 0.253 e. The minimum absolute atomic E-state index is 0.00993. The summed E-state index contributed by atoms with van der Waals surface area (Å²) in [5.74, 6) is -0.298. The molecule has 26 heavy (non-hydrogen) atoms. The smallest absolute Gasteiger partial charge is 0.253 e. The third-order valence-corrected chi connectivity index (χ3v) is 6.66. The summed E-state index contributed by atoms with van der Waals surface area (Å²) in [7, 11) is -6.98. The van der Waals surface area contributed by atoms with Gasteiger partial charge in [-0.1, -0.05) is 6.07 Å². The van der Waals surface area contributed by atoms with Crippen LogP contribution >= 0.6 is 0 Å². The molecule has 1 amide bonds. The number of hydrogen-bond donors (Lipinski definition) is 2. The first-order valence-electron chi connectivity index (χ1n) is 8.53. The van der Waals surface area contributed by atoms with Crippen molar-refractivity contribution in [2.24, 2.45) is 0 Å². The highest BCUT2D eigenvalue weighted by Gasteiger charge is 2.29. The Bertz CT molecular complexity index is 894. The standard InChI is InChI=1S/C16H23N3O5S2/c1-25(21,22)17-14-5-3-9-19(11-14)16(20)12-4-2-6-15(10-12)26(23,24)18-13-7-8-13/h2,4,6,10,13-14,17-18H,3,5,7-9,11H2,1H3/t14-/m0/s1. The van der Waals surface area contributed by atoms with E-state index in [1.54, 1.807) is 17.0 Å². The highest BCUT2D eigenvalue weighted by molar-refractivity contribution is 7.89. The van der Waals surface area contributed by atoms with Crippen LogP contribution in [0, 0.1) is 0 Å². The third kappa shape index (κ3) is 5.03. The molecule has 2 fully saturated rings. The molecule has 8 nitrogen and oxygen atoms in total. The van der Waals surface area contributed by atoms with Crippen molar-refractivity contribution < 1.29 is 21.6 Å². The molecular weight excluding hydrogens is 378 g/mol. The van der Waals surface area contributed by atoms with E-state index in [0.717, 1.165) is 19.1 Å². The van der Waals surface area contributed by atoms with Gasteiger partial charge < -0.3 is 4.90 Å². The molecule has 144 valence electrons. The average Bonchev–Trinajstić information content (AvgIpc) is 3.36. The third-order valence-electron chi connectivity index (χ3n) is 4.38. The molecule has 0 bridgehead atoms. The van der Waals surface area contributed by atoms with Crippen molar-refractivity contribution in [1.82, 2.24) is 14.3 Å². The van der Waals surface area contributed by atoms with Crippen molar-refractivity contribution in [2.45, 2.75) is 42.7 Å². The fourth-order valence-electron chi connectivity index (χ4n) is 3.03. The summed E-state index contributed by atoms with van der Waals surface area (Å²) in [5, 5.41) is 0. The number of carbonyl (C=O) groups excluding carboxylic acids is 1. The van der Waals surface area contributed by atoms with Gasteiger partial charge in [0, 0.05) is 30.7 Å². The normalized spacial score (nSPS) is 21.6. The number of hydrogen-bond acceptors (Lipinski definition) is 5. The zero-order valence-electron chi connectivity index (χ0n) is 14.5. The van der Waals surface area contributed by atoms with Gasteiger partial charge in [0.2, 0.25) is 20.0 Å². The maximum absolute atomic E-state index is 12.8. The van der Waals surface area contributed by atoms with Crippen LogP contribution in [0.25, 0.3) is 0 Å². The number of likely N-dealkylation sites (tertiary alicyclic amines) is 1. The second-order valence-corrected chi connectivity index (χ2v) is 10.4. The Morgan fingerprint density at radius 1 is 1.08 bits per heavy atom. The molecule has 2 aliphatic rings. The van der Waals surface area contributed by atoms with Gasteiger partial charge in [0.15, 0.2) is 0 Å². The Hall–Kier alpha value is -1.49. The highest BCUT2D eigenvalue weighted by Crippen LogP contribution is 2.23. The quantitative estimate of drug-likeness (QED) is 0.711. The first-order valence-corrected chi connectivity index (χ1v) is 11.9. The maximum atomic E-state index is 12.8. The van der Waals surface area contributed by atoms with E-state index in [2.05, 4.69) is 9.44 Å². The van der Waals surface area contributed by atoms with Crippen LogP contribution in [-0.4, -0.2) is 59.1 Å². The Balaban J connectivity index is 1.74. The van der Waals surface area contributed by atoms with Gasteiger partial charge in [-0.3, -0.25) is 4.79 Å². The van der Waals surface area contributed by atoms with Gasteiger partial charge in [0.25, 0.3) is 5.91 Å². The molecule has 1 aliphatic heterocycles. The predicted octanol–water partition coefficient (Wildman–Crippen LogP) is 0.281. The number of carbonyl (C=O) groups is 1. The van der Waals surface area contributed by atoms with Crippen LogP contribution in [0.15, 0.2) is 29.2 Å². The summed E-state index contributed by atoms with van der Waals surface area (Å²) in [4.78, 5) is 14.4. The summed E-state index contributed by atoms with van der Waals surface area (Å²) in [6.45, 7) is 0.779. The Labute approximate surface area is 154 Å². The molecule has 3 rings (SSSR count). The molecule has 10 heteroatoms. The Morgan fingerprint density at radius 3 is 2.46 bits per heavy atom. The largest absolute Gasteiger partial charge is 0.337 e. The Morgan fingerprint density at radius 2 is 1.81 bits per heavy atom. The molecule has 0 spiro atoms. The van der Waals surface area contributed by atoms with Crippen molar-refractivity contribution in [2.75, 3.05) is 19.3 Å². The first kappa shape index (κ1) is 19.3. The van der Waals surface area contributed by atoms with E-state index in [4.69, 9.17) is 0 Å². The van der Waals surface area contributed by atoms with E-state index >= 15 is 0 Å². The zero-order chi connectivity index (χ0) is 18.9. The van der Waals surface area contributed by atoms with Crippen LogP contribution in [0.4, 0.5) is 0 Å². The average molecular weight is 402 g/mol. The first-order chi connectivity index (χ1) is 12.1. The number of amides is 1. The van der Waals surface area contributed by atoms with Gasteiger partial charge in [-0.25, -0.2) is 26.3 Å². The summed E-state index contributed by atoms with van der Waals surface area (Å²) in [6, 6.07) is 5.62. The molecule has 1 heterocycles. The lowest BCUT2D eigenvalue weighted by atomic mass is 10.1. The topological polar surface area (TPSA) is 113 Å². The monoisotopic (exact) mass is 401 g/mol. The lowest BCUT2D eigenvalue weighted by Crippen LogP contribution is -2.49. The number of nitrogens with zero attached hydrogens (tertiary/aromatic N) is 1. The molecule has 1 aromatic carbocycles. The summed E-state index contributed by atoms with van der Waals surface area (Å²) >= 11 is 0. The van der Waals surface area contributed by atoms with Crippen molar-refractivity contribution in [3.05, 3.63) is 29.8 Å². The van der Waals surface area contributed by atoms with E-state index in [0.29, 0.717) is 19.4 Å². The molecular formula is C16H23N3O5S2. The molecule has 0 aromatic heterocycles. The fourth-order valence-corrected chi connectivity index (χ4v) is 5.18. The van der Waals surface area contributed by atoms with E-state index in [1.807, 2.05) is 0 Å². The van der Waals surface area contributed by atoms with Gasteiger partial charge in [-0.15, -0.1) is 0 Å². The molecule has 1 aliphatic carbocycles. The van der Waals surface area contributed by atoms with E-state index in [1.165, 1.54) is 12.1 Å². The fraction of sp³-hybridized carbons (Fsp3) is 0.562. The van der Waals surface area contributed by atoms with Gasteiger partial charge >= 0.3 is 0 Å². The lowest BCUT2D eigenvalue weighted by molar-refractivity contribution is 0.0703. The van der Waals surface area contributed by atoms with E-state index in [9.17, 15) is 21.6 Å². The molecule has 1 aromatic rings. The van der Waals surface area contributed by atoms with Gasteiger partial charge in [0.1, 0.15) is 0 Å². The van der Waals surface area contributed by atoms with E-state index in [-0.39, 0.29) is 35.0 Å². The number of piperidine rings is 1. The zero-order valence-corrected chi connectivity index (χ0v) is 16.1. The van der Waals surface area contributed by atoms with Gasteiger partial charge in [0.05, 0.1) is 11.2 Å². The van der Waals surface area contributed by atoms with Crippen molar-refractivity contribution >= 4 is 26.0 Å². The van der Waals surface area contributed by atoms with Crippen LogP contribution in [0.5, 0.6) is 0 Å². The van der Waals surface area contributed by atoms with Crippen LogP contribution in [0.2, 0.25) is 0 Å². The molecule has 1 atom stereocenters. The van der Waals surface area contributed by atoms with Crippen molar-refractivity contribution in [3.63, 3.8) is 0 Å². The number of benzene rings is 1. The van der Waals surface area contributed by atoms with Crippen molar-refractivity contribution in [3.8, 4) is 0 Å². The molecule has 0 radical (unpaired) electrons. The van der Waals surface area contributed by atoms with Crippen molar-refractivity contribution in [1.29, 1.82) is 0 Å². The minimum Gasteiger partial charge on any atom is -0.337 e. The summed E-state index contributed by atoms with van der Waals surface area (Å²) in [5.41, 5.74) is 0.281. The Kier molecular flexibility index (Phi) is 5.38. The summed E-state index contributed by atoms with van der Waals surface area (Å²) in [6.07, 6.45) is 4.10. The van der Waals surface area contributed by atoms with Crippen LogP contribution in [-0.2, 0) is 20.0 Å². The molecule has 0 unspecified atom stereocenters. The SMILES string of the molecule is CS(=O)(=O)N[C@H]1CCCN(C(=O)c2cccc(S(=O)(=O)NC3CC3)c2)C1. The second-order valence-electron chi connectivity index (χ2n) is 6.90. The minimum atomic E-state index is -3.63. The second kappa shape index (κ2) is 7.26. The highest BCUT2D eigenvalue weighted by atomic mass is 32.2.